The number of rotatable bonds is 7. The fraction of sp³-hybridized carbons (Fsp3) is 0.857. The van der Waals surface area contributed by atoms with Crippen molar-refractivity contribution in [3.63, 3.8) is 0 Å². The van der Waals surface area contributed by atoms with Gasteiger partial charge in [-0.05, 0) is 6.42 Å². The molecule has 0 fully saturated rings. The first-order valence-corrected chi connectivity index (χ1v) is 4.02. The summed E-state index contributed by atoms with van der Waals surface area (Å²) in [5.41, 5.74) is 10.3. The van der Waals surface area contributed by atoms with Crippen LogP contribution >= 0.6 is 0 Å². The molecule has 0 unspecified atom stereocenters. The van der Waals surface area contributed by atoms with E-state index in [0.29, 0.717) is 26.1 Å². The van der Waals surface area contributed by atoms with E-state index in [4.69, 9.17) is 16.6 Å². The number of hydrogen-bond donors (Lipinski definition) is 3. The molecule has 0 atom stereocenters. The zero-order valence-corrected chi connectivity index (χ0v) is 7.20. The Hall–Kier alpha value is -0.650. The smallest absolute Gasteiger partial charge is 0.231 e. The maximum atomic E-state index is 10.5. The fourth-order valence-corrected chi connectivity index (χ4v) is 0.967. The first-order valence-electron chi connectivity index (χ1n) is 4.02. The Labute approximate surface area is 72.3 Å². The first-order chi connectivity index (χ1) is 5.70. The highest BCUT2D eigenvalue weighted by atomic mass is 16.3. The highest BCUT2D eigenvalue weighted by Crippen LogP contribution is 1.88. The number of nitrogens with two attached hydrogens (primary N) is 2. The third-order valence-electron chi connectivity index (χ3n) is 1.46. The topological polar surface area (TPSA) is 92.6 Å². The van der Waals surface area contributed by atoms with E-state index in [1.807, 2.05) is 4.90 Å². The van der Waals surface area contributed by atoms with Crippen molar-refractivity contribution in [3.8, 4) is 0 Å². The van der Waals surface area contributed by atoms with E-state index in [1.165, 1.54) is 0 Å². The van der Waals surface area contributed by atoms with Crippen molar-refractivity contribution in [2.75, 3.05) is 32.8 Å². The van der Waals surface area contributed by atoms with Gasteiger partial charge in [-0.15, -0.1) is 0 Å². The van der Waals surface area contributed by atoms with E-state index in [9.17, 15) is 4.79 Å². The lowest BCUT2D eigenvalue weighted by molar-refractivity contribution is -0.119. The van der Waals surface area contributed by atoms with Crippen LogP contribution in [0.4, 0.5) is 0 Å². The normalized spacial score (nSPS) is 10.6. The molecule has 5 N–H and O–H groups in total. The molecule has 0 aliphatic heterocycles. The van der Waals surface area contributed by atoms with Crippen molar-refractivity contribution >= 4 is 5.91 Å². The maximum Gasteiger partial charge on any atom is 0.231 e. The summed E-state index contributed by atoms with van der Waals surface area (Å²) in [5, 5.41) is 8.54. The van der Waals surface area contributed by atoms with Gasteiger partial charge in [0, 0.05) is 26.2 Å². The molecule has 0 aromatic rings. The fourth-order valence-electron chi connectivity index (χ4n) is 0.967. The highest BCUT2D eigenvalue weighted by molar-refractivity contribution is 5.75. The quantitative estimate of drug-likeness (QED) is 0.422. The van der Waals surface area contributed by atoms with Crippen LogP contribution in [0, 0.1) is 0 Å². The molecule has 12 heavy (non-hydrogen) atoms. The molecule has 5 nitrogen and oxygen atoms in total. The number of aliphatic hydroxyl groups is 1. The SMILES string of the molecule is NCCN(CCCO)CC(N)=O. The predicted molar refractivity (Wildman–Crippen MR) is 46.4 cm³/mol. The van der Waals surface area contributed by atoms with E-state index in [2.05, 4.69) is 0 Å². The molecule has 0 radical (unpaired) electrons. The molecule has 0 saturated carbocycles. The number of carbonyl (C=O) groups excluding carboxylic acids is 1. The molecule has 0 heterocycles. The molecular weight excluding hydrogens is 158 g/mol. The number of amides is 1. The lowest BCUT2D eigenvalue weighted by Gasteiger charge is -2.18. The van der Waals surface area contributed by atoms with E-state index >= 15 is 0 Å². The minimum atomic E-state index is -0.360. The monoisotopic (exact) mass is 175 g/mol. The molecular formula is C7H17N3O2. The van der Waals surface area contributed by atoms with E-state index in [-0.39, 0.29) is 19.1 Å². The number of hydrogen-bond acceptors (Lipinski definition) is 4. The Kier molecular flexibility index (Phi) is 6.64. The molecule has 1 amide bonds. The van der Waals surface area contributed by atoms with Crippen LogP contribution in [0.1, 0.15) is 6.42 Å². The Morgan fingerprint density at radius 3 is 2.50 bits per heavy atom. The van der Waals surface area contributed by atoms with Gasteiger partial charge in [0.25, 0.3) is 0 Å². The summed E-state index contributed by atoms with van der Waals surface area (Å²) >= 11 is 0. The van der Waals surface area contributed by atoms with Crippen molar-refractivity contribution in [1.29, 1.82) is 0 Å². The van der Waals surface area contributed by atoms with Gasteiger partial charge >= 0.3 is 0 Å². The van der Waals surface area contributed by atoms with Gasteiger partial charge in [0.05, 0.1) is 6.54 Å². The minimum Gasteiger partial charge on any atom is -0.396 e. The summed E-state index contributed by atoms with van der Waals surface area (Å²) < 4.78 is 0. The zero-order valence-electron chi connectivity index (χ0n) is 7.20. The summed E-state index contributed by atoms with van der Waals surface area (Å²) in [6.07, 6.45) is 0.646. The molecule has 72 valence electrons. The second-order valence-electron chi connectivity index (χ2n) is 2.61. The van der Waals surface area contributed by atoms with E-state index in [1.54, 1.807) is 0 Å². The Bertz CT molecular complexity index is 130. The van der Waals surface area contributed by atoms with Crippen LogP contribution < -0.4 is 11.5 Å². The Balaban J connectivity index is 3.61. The Morgan fingerprint density at radius 1 is 1.42 bits per heavy atom. The van der Waals surface area contributed by atoms with Crippen LogP contribution in [0.3, 0.4) is 0 Å². The predicted octanol–water partition coefficient (Wildman–Crippen LogP) is -1.89. The molecule has 0 aliphatic carbocycles. The molecule has 5 heteroatoms. The maximum absolute atomic E-state index is 10.5. The number of primary amides is 1. The molecule has 0 saturated heterocycles. The molecule has 0 rings (SSSR count). The average Bonchev–Trinajstić information content (AvgIpc) is 2.00. The summed E-state index contributed by atoms with van der Waals surface area (Å²) in [4.78, 5) is 12.4. The van der Waals surface area contributed by atoms with Gasteiger partial charge in [-0.2, -0.15) is 0 Å². The van der Waals surface area contributed by atoms with Crippen LogP contribution in [-0.2, 0) is 4.79 Å². The Morgan fingerprint density at radius 2 is 2.08 bits per heavy atom. The minimum absolute atomic E-state index is 0.125. The largest absolute Gasteiger partial charge is 0.396 e. The summed E-state index contributed by atoms with van der Waals surface area (Å²) in [5.74, 6) is -0.360. The first kappa shape index (κ1) is 11.4. The van der Waals surface area contributed by atoms with Crippen molar-refractivity contribution in [1.82, 2.24) is 4.90 Å². The number of nitrogens with zero attached hydrogens (tertiary/aromatic N) is 1. The zero-order chi connectivity index (χ0) is 9.40. The van der Waals surface area contributed by atoms with E-state index in [0.717, 1.165) is 0 Å². The summed E-state index contributed by atoms with van der Waals surface area (Å²) in [7, 11) is 0. The third-order valence-corrected chi connectivity index (χ3v) is 1.46. The third kappa shape index (κ3) is 6.09. The van der Waals surface area contributed by atoms with Crippen LogP contribution in [0.5, 0.6) is 0 Å². The van der Waals surface area contributed by atoms with Gasteiger partial charge in [-0.25, -0.2) is 0 Å². The standard InChI is InChI=1S/C7H17N3O2/c8-2-4-10(3-1-5-11)6-7(9)12/h11H,1-6,8H2,(H2,9,12). The molecule has 0 aliphatic rings. The van der Waals surface area contributed by atoms with Gasteiger partial charge in [0.2, 0.25) is 5.91 Å². The molecule has 0 aromatic heterocycles. The number of aliphatic hydroxyl groups excluding tert-OH is 1. The van der Waals surface area contributed by atoms with Gasteiger partial charge in [0.15, 0.2) is 0 Å². The molecule has 0 spiro atoms. The lowest BCUT2D eigenvalue weighted by Crippen LogP contribution is -2.37. The second kappa shape index (κ2) is 7.02. The van der Waals surface area contributed by atoms with Crippen LogP contribution in [0.15, 0.2) is 0 Å². The number of carbonyl (C=O) groups is 1. The van der Waals surface area contributed by atoms with Gasteiger partial charge < -0.3 is 16.6 Å². The van der Waals surface area contributed by atoms with Crippen LogP contribution in [0.25, 0.3) is 0 Å². The van der Waals surface area contributed by atoms with Gasteiger partial charge in [-0.3, -0.25) is 9.69 Å². The second-order valence-corrected chi connectivity index (χ2v) is 2.61. The average molecular weight is 175 g/mol. The van der Waals surface area contributed by atoms with Crippen molar-refractivity contribution in [2.24, 2.45) is 11.5 Å². The van der Waals surface area contributed by atoms with E-state index < -0.39 is 0 Å². The van der Waals surface area contributed by atoms with Gasteiger partial charge in [-0.1, -0.05) is 0 Å². The van der Waals surface area contributed by atoms with Crippen LogP contribution in [-0.4, -0.2) is 48.7 Å². The molecule has 0 bridgehead atoms. The summed E-state index contributed by atoms with van der Waals surface area (Å²) in [6, 6.07) is 0. The lowest BCUT2D eigenvalue weighted by atomic mass is 10.3. The van der Waals surface area contributed by atoms with Crippen LogP contribution in [0.2, 0.25) is 0 Å². The van der Waals surface area contributed by atoms with Crippen molar-refractivity contribution in [2.45, 2.75) is 6.42 Å². The van der Waals surface area contributed by atoms with Crippen molar-refractivity contribution in [3.05, 3.63) is 0 Å². The summed E-state index contributed by atoms with van der Waals surface area (Å²) in [6.45, 7) is 2.15. The van der Waals surface area contributed by atoms with Crippen molar-refractivity contribution < 1.29 is 9.90 Å². The highest BCUT2D eigenvalue weighted by Gasteiger charge is 2.05. The van der Waals surface area contributed by atoms with Gasteiger partial charge in [0.1, 0.15) is 0 Å². The molecule has 0 aromatic carbocycles.